The lowest BCUT2D eigenvalue weighted by atomic mass is 10.1. The van der Waals surface area contributed by atoms with Crippen molar-refractivity contribution in [2.24, 2.45) is 0 Å². The fourth-order valence-electron chi connectivity index (χ4n) is 3.66. The summed E-state index contributed by atoms with van der Waals surface area (Å²) < 4.78 is 42.7. The first-order valence-corrected chi connectivity index (χ1v) is 13.2. The molecule has 3 aromatic rings. The first-order valence-electron chi connectivity index (χ1n) is 10.2. The maximum atomic E-state index is 13.1. The van der Waals surface area contributed by atoms with Crippen LogP contribution < -0.4 is 11.2 Å². The van der Waals surface area contributed by atoms with Crippen molar-refractivity contribution in [3.05, 3.63) is 62.6 Å². The molecule has 1 aromatic carbocycles. The Morgan fingerprint density at radius 2 is 1.83 bits per heavy atom. The Bertz CT molecular complexity index is 1490. The van der Waals surface area contributed by atoms with Gasteiger partial charge < -0.3 is 34.2 Å². The van der Waals surface area contributed by atoms with Gasteiger partial charge in [0.05, 0.1) is 13.2 Å². The van der Waals surface area contributed by atoms with Crippen molar-refractivity contribution in [1.29, 1.82) is 0 Å². The number of ether oxygens (including phenoxy) is 1. The highest BCUT2D eigenvalue weighted by Crippen LogP contribution is 2.57. The Balaban J connectivity index is 1.57. The van der Waals surface area contributed by atoms with Gasteiger partial charge in [0, 0.05) is 17.6 Å². The van der Waals surface area contributed by atoms with Gasteiger partial charge in [-0.3, -0.25) is 18.5 Å². The molecule has 1 saturated heterocycles. The van der Waals surface area contributed by atoms with Crippen molar-refractivity contribution in [2.45, 2.75) is 38.0 Å². The van der Waals surface area contributed by atoms with Crippen molar-refractivity contribution < 1.29 is 52.1 Å². The summed E-state index contributed by atoms with van der Waals surface area (Å²) in [6.07, 6.45) is -5.53. The summed E-state index contributed by atoms with van der Waals surface area (Å²) >= 11 is 0. The van der Waals surface area contributed by atoms with E-state index in [4.69, 9.17) is 19.0 Å². The number of fused-ring (bicyclic) bond motifs is 1. The number of hydrogen-bond donors (Lipinski definition) is 5. The number of phosphoric acid groups is 2. The highest BCUT2D eigenvalue weighted by molar-refractivity contribution is 7.60. The molecule has 18 heteroatoms. The molecule has 0 saturated carbocycles. The third-order valence-electron chi connectivity index (χ3n) is 5.33. The summed E-state index contributed by atoms with van der Waals surface area (Å²) in [6.45, 7) is 0.623. The fraction of sp³-hybridized carbons (Fsp3) is 0.389. The predicted octanol–water partition coefficient (Wildman–Crippen LogP) is -0.647. The molecule has 0 spiro atoms. The number of nitrogens with zero attached hydrogens (tertiary/aromatic N) is 3. The summed E-state index contributed by atoms with van der Waals surface area (Å²) in [5.74, 6) is 0. The summed E-state index contributed by atoms with van der Waals surface area (Å²) in [7, 11) is -10.6. The number of rotatable bonds is 8. The minimum absolute atomic E-state index is 0.278. The van der Waals surface area contributed by atoms with E-state index < -0.39 is 58.0 Å². The van der Waals surface area contributed by atoms with Crippen LogP contribution in [-0.4, -0.2) is 64.1 Å². The quantitative estimate of drug-likeness (QED) is 0.220. The van der Waals surface area contributed by atoms with E-state index in [2.05, 4.69) is 14.0 Å². The number of aliphatic hydroxyl groups excluding tert-OH is 2. The molecule has 1 fully saturated rings. The van der Waals surface area contributed by atoms with E-state index in [9.17, 15) is 33.8 Å². The zero-order chi connectivity index (χ0) is 26.4. The molecule has 5 N–H and O–H groups in total. The molecule has 16 nitrogen and oxygen atoms in total. The van der Waals surface area contributed by atoms with E-state index in [-0.39, 0.29) is 6.54 Å². The van der Waals surface area contributed by atoms with E-state index >= 15 is 0 Å². The maximum absolute atomic E-state index is 13.1. The zero-order valence-corrected chi connectivity index (χ0v) is 20.1. The second-order valence-electron chi connectivity index (χ2n) is 7.94. The van der Waals surface area contributed by atoms with Crippen LogP contribution in [0.4, 0.5) is 0 Å². The van der Waals surface area contributed by atoms with E-state index in [0.29, 0.717) is 16.7 Å². The first-order chi connectivity index (χ1) is 16.8. The van der Waals surface area contributed by atoms with Crippen molar-refractivity contribution >= 4 is 26.6 Å². The molecule has 196 valence electrons. The molecule has 0 bridgehead atoms. The summed E-state index contributed by atoms with van der Waals surface area (Å²) in [5.41, 5.74) is 0.0246. The highest BCUT2D eigenvalue weighted by atomic mass is 31.3. The molecule has 36 heavy (non-hydrogen) atoms. The Hall–Kier alpha value is -2.49. The van der Waals surface area contributed by atoms with Crippen molar-refractivity contribution in [1.82, 2.24) is 14.3 Å². The van der Waals surface area contributed by atoms with Crippen molar-refractivity contribution in [3.8, 4) is 0 Å². The van der Waals surface area contributed by atoms with Crippen LogP contribution in [0.1, 0.15) is 17.5 Å². The molecular weight excluding hydrogens is 528 g/mol. The van der Waals surface area contributed by atoms with Crippen LogP contribution in [0, 0.1) is 6.92 Å². The highest BCUT2D eigenvalue weighted by Gasteiger charge is 2.46. The fourth-order valence-corrected chi connectivity index (χ4v) is 5.26. The Kier molecular flexibility index (Phi) is 7.20. The molecule has 0 aliphatic carbocycles. The summed E-state index contributed by atoms with van der Waals surface area (Å²) in [6, 6.07) is 6.29. The average molecular weight is 549 g/mol. The first kappa shape index (κ1) is 26.6. The summed E-state index contributed by atoms with van der Waals surface area (Å²) in [5, 5.41) is 25.2. The number of benzene rings is 1. The van der Waals surface area contributed by atoms with Gasteiger partial charge in [0.15, 0.2) is 11.8 Å². The molecule has 5 atom stereocenters. The van der Waals surface area contributed by atoms with E-state index in [1.807, 2.05) is 6.92 Å². The molecule has 4 rings (SSSR count). The molecular formula is C18H21N3O13P2. The molecule has 1 aliphatic rings. The van der Waals surface area contributed by atoms with Crippen LogP contribution in [0.3, 0.4) is 0 Å². The van der Waals surface area contributed by atoms with Gasteiger partial charge in [-0.2, -0.15) is 4.31 Å². The number of aromatic nitrogens is 3. The standard InChI is InChI=1S/C18H21N3O13P2/c1-9-2-3-12-10(6-9)11(19-33-12)7-21-14(22)4-5-20(18(21)25)17-16(24)15(23)13(32-17)8-31-36(29,30)34-35(26,27)28/h2-6,13,15-17,23-24H,7-8H2,1H3,(H,29,30)(H2,26,27,28)/t13-,15?,16+,17-/m1/s1. The molecule has 1 aliphatic heterocycles. The van der Waals surface area contributed by atoms with E-state index in [1.54, 1.807) is 18.2 Å². The van der Waals surface area contributed by atoms with Gasteiger partial charge in [-0.1, -0.05) is 16.8 Å². The van der Waals surface area contributed by atoms with Gasteiger partial charge in [-0.05, 0) is 19.1 Å². The molecule has 0 radical (unpaired) electrons. The number of phosphoric ester groups is 1. The molecule has 0 amide bonds. The molecule has 3 heterocycles. The third-order valence-corrected chi connectivity index (χ3v) is 7.48. The van der Waals surface area contributed by atoms with Gasteiger partial charge in [0.25, 0.3) is 5.56 Å². The number of aliphatic hydroxyl groups is 2. The number of aryl methyl sites for hydroxylation is 1. The minimum Gasteiger partial charge on any atom is -0.387 e. The van der Waals surface area contributed by atoms with Crippen LogP contribution in [0.15, 0.2) is 44.6 Å². The van der Waals surface area contributed by atoms with Gasteiger partial charge >= 0.3 is 21.3 Å². The van der Waals surface area contributed by atoms with Crippen LogP contribution in [-0.2, 0) is 29.2 Å². The van der Waals surface area contributed by atoms with Crippen LogP contribution in [0.2, 0.25) is 0 Å². The lowest BCUT2D eigenvalue weighted by Crippen LogP contribution is -2.43. The minimum atomic E-state index is -5.38. The Morgan fingerprint density at radius 1 is 1.11 bits per heavy atom. The van der Waals surface area contributed by atoms with E-state index in [1.165, 1.54) is 0 Å². The number of hydrogen-bond acceptors (Lipinski definition) is 11. The van der Waals surface area contributed by atoms with Gasteiger partial charge in [0.1, 0.15) is 24.0 Å². The SMILES string of the molecule is Cc1ccc2onc(Cn3c(=O)ccn([C@@H]4O[C@H](COP(=O)(O)OP(=O)(O)O)C(O)[C@@H]4O)c3=O)c2c1. The van der Waals surface area contributed by atoms with Gasteiger partial charge in [-0.25, -0.2) is 13.9 Å². The topological polar surface area (TPSA) is 233 Å². The van der Waals surface area contributed by atoms with E-state index in [0.717, 1.165) is 27.0 Å². The van der Waals surface area contributed by atoms with Gasteiger partial charge in [0.2, 0.25) is 0 Å². The van der Waals surface area contributed by atoms with Crippen LogP contribution in [0.5, 0.6) is 0 Å². The summed E-state index contributed by atoms with van der Waals surface area (Å²) in [4.78, 5) is 52.3. The zero-order valence-electron chi connectivity index (χ0n) is 18.3. The van der Waals surface area contributed by atoms with Crippen molar-refractivity contribution in [2.75, 3.05) is 6.61 Å². The van der Waals surface area contributed by atoms with Gasteiger partial charge in [-0.15, -0.1) is 0 Å². The second-order valence-corrected chi connectivity index (χ2v) is 10.8. The molecule has 2 aromatic heterocycles. The second kappa shape index (κ2) is 9.76. The smallest absolute Gasteiger partial charge is 0.387 e. The van der Waals surface area contributed by atoms with Crippen molar-refractivity contribution in [3.63, 3.8) is 0 Å². The average Bonchev–Trinajstić information content (AvgIpc) is 3.29. The van der Waals surface area contributed by atoms with Crippen LogP contribution >= 0.6 is 15.6 Å². The monoisotopic (exact) mass is 549 g/mol. The lowest BCUT2D eigenvalue weighted by Gasteiger charge is -2.19. The maximum Gasteiger partial charge on any atom is 0.481 e. The predicted molar refractivity (Wildman–Crippen MR) is 118 cm³/mol. The normalized spacial score (nSPS) is 24.3. The lowest BCUT2D eigenvalue weighted by molar-refractivity contribution is -0.0547. The molecule has 2 unspecified atom stereocenters. The van der Waals surface area contributed by atoms with Crippen LogP contribution in [0.25, 0.3) is 11.0 Å². The Morgan fingerprint density at radius 3 is 2.53 bits per heavy atom. The largest absolute Gasteiger partial charge is 0.481 e. The third kappa shape index (κ3) is 5.58. The Labute approximate surface area is 200 Å².